The number of thiophene rings is 1. The van der Waals surface area contributed by atoms with Crippen molar-refractivity contribution >= 4 is 17.2 Å². The molecule has 0 aliphatic carbocycles. The van der Waals surface area contributed by atoms with E-state index in [0.29, 0.717) is 4.88 Å². The minimum absolute atomic E-state index is 0.575. The Labute approximate surface area is 79.6 Å². The summed E-state index contributed by atoms with van der Waals surface area (Å²) in [5, 5.41) is 20.4. The minimum Gasteiger partial charge on any atom is -0.384 e. The van der Waals surface area contributed by atoms with Crippen LogP contribution in [0, 0.1) is 6.92 Å². The predicted molar refractivity (Wildman–Crippen MR) is 49.2 cm³/mol. The molecule has 1 aromatic heterocycles. The van der Waals surface area contributed by atoms with Crippen LogP contribution in [0.5, 0.6) is 0 Å². The normalized spacial score (nSPS) is 15.3. The van der Waals surface area contributed by atoms with Crippen molar-refractivity contribution in [1.82, 2.24) is 0 Å². The molecule has 5 heteroatoms. The lowest BCUT2D eigenvalue weighted by Gasteiger charge is -2.13. The van der Waals surface area contributed by atoms with Gasteiger partial charge in [0.1, 0.15) is 6.10 Å². The third-order valence-electron chi connectivity index (χ3n) is 1.76. The molecule has 2 unspecified atom stereocenters. The maximum atomic E-state index is 10.6. The van der Waals surface area contributed by atoms with E-state index >= 15 is 0 Å². The summed E-state index contributed by atoms with van der Waals surface area (Å²) >= 11 is 1.29. The average molecular weight is 201 g/mol. The van der Waals surface area contributed by atoms with Gasteiger partial charge in [-0.05, 0) is 23.9 Å². The molecule has 4 nitrogen and oxygen atoms in total. The van der Waals surface area contributed by atoms with Crippen molar-refractivity contribution in [3.8, 4) is 0 Å². The zero-order valence-electron chi connectivity index (χ0n) is 7.10. The summed E-state index contributed by atoms with van der Waals surface area (Å²) in [7, 11) is 0. The highest BCUT2D eigenvalue weighted by Gasteiger charge is 2.25. The van der Waals surface area contributed by atoms with E-state index in [1.54, 1.807) is 18.4 Å². The first-order valence-corrected chi connectivity index (χ1v) is 4.61. The number of amides is 1. The SMILES string of the molecule is Cc1ccsc1C(O)C(O)C(N)=O. The van der Waals surface area contributed by atoms with E-state index in [0.717, 1.165) is 5.56 Å². The second-order valence-electron chi connectivity index (χ2n) is 2.76. The van der Waals surface area contributed by atoms with E-state index in [-0.39, 0.29) is 0 Å². The van der Waals surface area contributed by atoms with E-state index in [1.807, 2.05) is 0 Å². The van der Waals surface area contributed by atoms with Crippen LogP contribution in [0.1, 0.15) is 16.5 Å². The lowest BCUT2D eigenvalue weighted by molar-refractivity contribution is -0.131. The molecular weight excluding hydrogens is 190 g/mol. The van der Waals surface area contributed by atoms with Gasteiger partial charge in [0.05, 0.1) is 0 Å². The fourth-order valence-electron chi connectivity index (χ4n) is 0.986. The number of aliphatic hydroxyl groups excluding tert-OH is 2. The highest BCUT2D eigenvalue weighted by molar-refractivity contribution is 7.10. The van der Waals surface area contributed by atoms with Gasteiger partial charge in [0.15, 0.2) is 6.10 Å². The van der Waals surface area contributed by atoms with Gasteiger partial charge in [-0.3, -0.25) is 4.79 Å². The minimum atomic E-state index is -1.53. The molecule has 0 aromatic carbocycles. The highest BCUT2D eigenvalue weighted by atomic mass is 32.1. The number of nitrogens with two attached hydrogens (primary N) is 1. The fourth-order valence-corrected chi connectivity index (χ4v) is 1.93. The molecule has 2 atom stereocenters. The Morgan fingerprint density at radius 1 is 1.62 bits per heavy atom. The van der Waals surface area contributed by atoms with Crippen LogP contribution < -0.4 is 5.73 Å². The van der Waals surface area contributed by atoms with Crippen LogP contribution in [0.25, 0.3) is 0 Å². The van der Waals surface area contributed by atoms with Crippen LogP contribution in [-0.2, 0) is 4.79 Å². The molecule has 0 spiro atoms. The van der Waals surface area contributed by atoms with Crippen LogP contribution in [0.4, 0.5) is 0 Å². The van der Waals surface area contributed by atoms with Crippen molar-refractivity contribution < 1.29 is 15.0 Å². The number of rotatable bonds is 3. The summed E-state index contributed by atoms with van der Waals surface area (Å²) in [6, 6.07) is 1.80. The van der Waals surface area contributed by atoms with E-state index in [2.05, 4.69) is 0 Å². The Hall–Kier alpha value is -0.910. The van der Waals surface area contributed by atoms with Crippen molar-refractivity contribution in [3.63, 3.8) is 0 Å². The van der Waals surface area contributed by atoms with Crippen LogP contribution in [0.3, 0.4) is 0 Å². The number of aryl methyl sites for hydroxylation is 1. The fraction of sp³-hybridized carbons (Fsp3) is 0.375. The van der Waals surface area contributed by atoms with E-state index in [1.165, 1.54) is 11.3 Å². The lowest BCUT2D eigenvalue weighted by atomic mass is 10.1. The Morgan fingerprint density at radius 2 is 2.23 bits per heavy atom. The van der Waals surface area contributed by atoms with Crippen LogP contribution in [-0.4, -0.2) is 22.2 Å². The molecule has 1 rings (SSSR count). The van der Waals surface area contributed by atoms with Gasteiger partial charge in [-0.25, -0.2) is 0 Å². The lowest BCUT2D eigenvalue weighted by Crippen LogP contribution is -2.33. The van der Waals surface area contributed by atoms with E-state index in [9.17, 15) is 15.0 Å². The molecule has 1 aromatic rings. The second-order valence-corrected chi connectivity index (χ2v) is 3.71. The van der Waals surface area contributed by atoms with Crippen LogP contribution in [0.2, 0.25) is 0 Å². The van der Waals surface area contributed by atoms with Crippen molar-refractivity contribution in [2.45, 2.75) is 19.1 Å². The largest absolute Gasteiger partial charge is 0.384 e. The predicted octanol–water partition coefficient (Wildman–Crippen LogP) is -0.0639. The van der Waals surface area contributed by atoms with Gasteiger partial charge in [-0.15, -0.1) is 11.3 Å². The highest BCUT2D eigenvalue weighted by Crippen LogP contribution is 2.25. The molecule has 13 heavy (non-hydrogen) atoms. The van der Waals surface area contributed by atoms with Crippen LogP contribution in [0.15, 0.2) is 11.4 Å². The molecule has 72 valence electrons. The third-order valence-corrected chi connectivity index (χ3v) is 2.85. The Bertz CT molecular complexity index is 310. The van der Waals surface area contributed by atoms with Crippen LogP contribution >= 0.6 is 11.3 Å². The molecule has 0 radical (unpaired) electrons. The molecule has 0 bridgehead atoms. The number of hydrogen-bond acceptors (Lipinski definition) is 4. The first-order chi connectivity index (χ1) is 6.04. The van der Waals surface area contributed by atoms with Gasteiger partial charge in [-0.2, -0.15) is 0 Å². The summed E-state index contributed by atoms with van der Waals surface area (Å²) < 4.78 is 0. The number of carbonyl (C=O) groups excluding carboxylic acids is 1. The Morgan fingerprint density at radius 3 is 2.62 bits per heavy atom. The van der Waals surface area contributed by atoms with Crippen molar-refractivity contribution in [3.05, 3.63) is 21.9 Å². The van der Waals surface area contributed by atoms with Gasteiger partial charge in [-0.1, -0.05) is 0 Å². The average Bonchev–Trinajstić information content (AvgIpc) is 2.48. The molecule has 0 aliphatic rings. The van der Waals surface area contributed by atoms with Gasteiger partial charge in [0.25, 0.3) is 0 Å². The standard InChI is InChI=1S/C8H11NO3S/c1-4-2-3-13-7(4)5(10)6(11)8(9)12/h2-3,5-6,10-11H,1H3,(H2,9,12). The van der Waals surface area contributed by atoms with Gasteiger partial charge < -0.3 is 15.9 Å². The summed E-state index contributed by atoms with van der Waals surface area (Å²) in [5.74, 6) is -0.916. The topological polar surface area (TPSA) is 83.6 Å². The summed E-state index contributed by atoms with van der Waals surface area (Å²) in [5.41, 5.74) is 5.69. The Balaban J connectivity index is 2.85. The summed E-state index contributed by atoms with van der Waals surface area (Å²) in [6.07, 6.45) is -2.74. The number of aliphatic hydroxyl groups is 2. The number of primary amides is 1. The third kappa shape index (κ3) is 2.06. The zero-order chi connectivity index (χ0) is 10.0. The molecular formula is C8H11NO3S. The maximum Gasteiger partial charge on any atom is 0.249 e. The first kappa shape index (κ1) is 10.2. The first-order valence-electron chi connectivity index (χ1n) is 3.73. The second kappa shape index (κ2) is 3.87. The molecule has 1 heterocycles. The van der Waals surface area contributed by atoms with Crippen molar-refractivity contribution in [2.24, 2.45) is 5.73 Å². The number of hydrogen-bond donors (Lipinski definition) is 3. The molecule has 0 saturated heterocycles. The van der Waals surface area contributed by atoms with Gasteiger partial charge in [0, 0.05) is 4.88 Å². The monoisotopic (exact) mass is 201 g/mol. The van der Waals surface area contributed by atoms with Crippen molar-refractivity contribution in [1.29, 1.82) is 0 Å². The van der Waals surface area contributed by atoms with Gasteiger partial charge >= 0.3 is 0 Å². The maximum absolute atomic E-state index is 10.6. The Kier molecular flexibility index (Phi) is 3.02. The molecule has 1 amide bonds. The zero-order valence-corrected chi connectivity index (χ0v) is 7.91. The molecule has 0 fully saturated rings. The van der Waals surface area contributed by atoms with Gasteiger partial charge in [0.2, 0.25) is 5.91 Å². The molecule has 4 N–H and O–H groups in total. The quantitative estimate of drug-likeness (QED) is 0.640. The smallest absolute Gasteiger partial charge is 0.249 e. The van der Waals surface area contributed by atoms with E-state index < -0.39 is 18.1 Å². The number of carbonyl (C=O) groups is 1. The molecule has 0 saturated carbocycles. The summed E-state index contributed by atoms with van der Waals surface area (Å²) in [6.45, 7) is 1.79. The molecule has 0 aliphatic heterocycles. The summed E-state index contributed by atoms with van der Waals surface area (Å²) in [4.78, 5) is 11.1. The van der Waals surface area contributed by atoms with E-state index in [4.69, 9.17) is 5.73 Å². The van der Waals surface area contributed by atoms with Crippen molar-refractivity contribution in [2.75, 3.05) is 0 Å².